The highest BCUT2D eigenvalue weighted by Gasteiger charge is 2.35. The first-order valence-electron chi connectivity index (χ1n) is 8.72. The number of amides is 1. The fraction of sp³-hybridized carbons (Fsp3) is 0.444. The molecule has 4 heterocycles. The molecule has 1 atom stereocenters. The molecular weight excluding hydrogens is 379 g/mol. The smallest absolute Gasteiger partial charge is 0.406 e. The Morgan fingerprint density at radius 3 is 2.52 bits per heavy atom. The highest BCUT2D eigenvalue weighted by atomic mass is 32.1. The van der Waals surface area contributed by atoms with Crippen molar-refractivity contribution in [3.8, 4) is 16.3 Å². The molecule has 0 radical (unpaired) electrons. The molecule has 5 rings (SSSR count). The standard InChI is InChI=1S/C18H18F3N3O2S/c19-18(20,21)26-13-3-1-12(2-4-13)17-22-9-15(27-17)16(25)23-14-10-24-7-5-11(14)6-8-24/h1-4,9,11,14H,5-8,10H2,(H,23,25)/t14-/m0/s1. The van der Waals surface area contributed by atoms with Gasteiger partial charge < -0.3 is 15.0 Å². The molecule has 1 aromatic carbocycles. The van der Waals surface area contributed by atoms with Crippen LogP contribution in [0.25, 0.3) is 10.6 Å². The Morgan fingerprint density at radius 2 is 1.93 bits per heavy atom. The van der Waals surface area contributed by atoms with Crippen molar-refractivity contribution < 1.29 is 22.7 Å². The van der Waals surface area contributed by atoms with E-state index in [1.807, 2.05) is 0 Å². The average Bonchev–Trinajstić information content (AvgIpc) is 3.12. The van der Waals surface area contributed by atoms with Crippen LogP contribution in [-0.4, -0.2) is 47.8 Å². The lowest BCUT2D eigenvalue weighted by atomic mass is 9.84. The molecular formula is C18H18F3N3O2S. The number of carbonyl (C=O) groups is 1. The monoisotopic (exact) mass is 397 g/mol. The number of benzene rings is 1. The highest BCUT2D eigenvalue weighted by molar-refractivity contribution is 7.16. The molecule has 1 amide bonds. The Bertz CT molecular complexity index is 814. The summed E-state index contributed by atoms with van der Waals surface area (Å²) in [5, 5.41) is 3.69. The van der Waals surface area contributed by atoms with Crippen LogP contribution < -0.4 is 10.1 Å². The number of ether oxygens (including phenoxy) is 1. The molecule has 1 N–H and O–H groups in total. The molecule has 2 bridgehead atoms. The largest absolute Gasteiger partial charge is 0.573 e. The van der Waals surface area contributed by atoms with Gasteiger partial charge >= 0.3 is 6.36 Å². The van der Waals surface area contributed by atoms with Gasteiger partial charge in [0.1, 0.15) is 15.6 Å². The molecule has 27 heavy (non-hydrogen) atoms. The van der Waals surface area contributed by atoms with Crippen molar-refractivity contribution in [2.75, 3.05) is 19.6 Å². The summed E-state index contributed by atoms with van der Waals surface area (Å²) in [7, 11) is 0. The summed E-state index contributed by atoms with van der Waals surface area (Å²) in [4.78, 5) is 19.6. The van der Waals surface area contributed by atoms with Crippen LogP contribution in [0.3, 0.4) is 0 Å². The van der Waals surface area contributed by atoms with Gasteiger partial charge in [0.2, 0.25) is 0 Å². The van der Waals surface area contributed by atoms with Crippen LogP contribution in [0.1, 0.15) is 22.5 Å². The minimum Gasteiger partial charge on any atom is -0.406 e. The predicted molar refractivity (Wildman–Crippen MR) is 94.7 cm³/mol. The summed E-state index contributed by atoms with van der Waals surface area (Å²) in [6.45, 7) is 3.11. The van der Waals surface area contributed by atoms with Crippen LogP contribution in [0.15, 0.2) is 30.5 Å². The van der Waals surface area contributed by atoms with Gasteiger partial charge in [-0.3, -0.25) is 4.79 Å². The molecule has 1 aromatic heterocycles. The molecule has 9 heteroatoms. The lowest BCUT2D eigenvalue weighted by molar-refractivity contribution is -0.274. The van der Waals surface area contributed by atoms with E-state index in [1.165, 1.54) is 41.8 Å². The summed E-state index contributed by atoms with van der Waals surface area (Å²) in [5.74, 6) is 0.102. The predicted octanol–water partition coefficient (Wildman–Crippen LogP) is 3.53. The Kier molecular flexibility index (Phi) is 4.81. The number of alkyl halides is 3. The van der Waals surface area contributed by atoms with E-state index < -0.39 is 6.36 Å². The molecule has 0 saturated carbocycles. The van der Waals surface area contributed by atoms with Crippen LogP contribution >= 0.6 is 11.3 Å². The lowest BCUT2D eigenvalue weighted by Crippen LogP contribution is -2.57. The number of rotatable bonds is 4. The van der Waals surface area contributed by atoms with E-state index in [1.54, 1.807) is 0 Å². The summed E-state index contributed by atoms with van der Waals surface area (Å²) in [6, 6.07) is 5.63. The third-order valence-corrected chi connectivity index (χ3v) is 6.08. The van der Waals surface area contributed by atoms with Crippen molar-refractivity contribution in [3.05, 3.63) is 35.3 Å². The first kappa shape index (κ1) is 18.2. The van der Waals surface area contributed by atoms with Crippen LogP contribution in [0.5, 0.6) is 5.75 Å². The third kappa shape index (κ3) is 4.24. The third-order valence-electron chi connectivity index (χ3n) is 5.04. The number of hydrogen-bond acceptors (Lipinski definition) is 5. The van der Waals surface area contributed by atoms with Gasteiger partial charge in [-0.05, 0) is 56.1 Å². The zero-order chi connectivity index (χ0) is 19.0. The molecule has 144 valence electrons. The van der Waals surface area contributed by atoms with Crippen molar-refractivity contribution >= 4 is 17.2 Å². The fourth-order valence-corrected chi connectivity index (χ4v) is 4.50. The van der Waals surface area contributed by atoms with E-state index in [0.717, 1.165) is 32.5 Å². The number of fused-ring (bicyclic) bond motifs is 3. The first-order valence-corrected chi connectivity index (χ1v) is 9.54. The highest BCUT2D eigenvalue weighted by Crippen LogP contribution is 2.30. The van der Waals surface area contributed by atoms with Crippen LogP contribution in [0.4, 0.5) is 13.2 Å². The van der Waals surface area contributed by atoms with Crippen LogP contribution in [0, 0.1) is 5.92 Å². The summed E-state index contributed by atoms with van der Waals surface area (Å²) in [5.41, 5.74) is 0.636. The summed E-state index contributed by atoms with van der Waals surface area (Å²) in [6.07, 6.45) is -0.976. The number of halogens is 3. The fourth-order valence-electron chi connectivity index (χ4n) is 3.68. The minimum atomic E-state index is -4.72. The van der Waals surface area contributed by atoms with Crippen molar-refractivity contribution in [2.24, 2.45) is 5.92 Å². The molecule has 0 aliphatic carbocycles. The summed E-state index contributed by atoms with van der Waals surface area (Å²) < 4.78 is 40.5. The number of aromatic nitrogens is 1. The minimum absolute atomic E-state index is 0.144. The zero-order valence-corrected chi connectivity index (χ0v) is 15.1. The Labute approximate surface area is 158 Å². The zero-order valence-electron chi connectivity index (χ0n) is 14.3. The number of piperidine rings is 3. The maximum Gasteiger partial charge on any atom is 0.573 e. The van der Waals surface area contributed by atoms with Crippen molar-refractivity contribution in [1.29, 1.82) is 0 Å². The number of nitrogens with one attached hydrogen (secondary N) is 1. The van der Waals surface area contributed by atoms with Gasteiger partial charge in [0, 0.05) is 18.2 Å². The van der Waals surface area contributed by atoms with Gasteiger partial charge in [-0.15, -0.1) is 24.5 Å². The number of hydrogen-bond donors (Lipinski definition) is 1. The van der Waals surface area contributed by atoms with Gasteiger partial charge in [0.05, 0.1) is 6.20 Å². The second-order valence-corrected chi connectivity index (χ2v) is 7.85. The molecule has 3 aliphatic rings. The van der Waals surface area contributed by atoms with Gasteiger partial charge in [-0.1, -0.05) is 0 Å². The van der Waals surface area contributed by atoms with E-state index in [0.29, 0.717) is 21.4 Å². The van der Waals surface area contributed by atoms with Crippen molar-refractivity contribution in [3.63, 3.8) is 0 Å². The molecule has 2 aromatic rings. The number of carbonyl (C=O) groups excluding carboxylic acids is 1. The van der Waals surface area contributed by atoms with Gasteiger partial charge in [-0.25, -0.2) is 4.98 Å². The van der Waals surface area contributed by atoms with E-state index in [4.69, 9.17) is 0 Å². The van der Waals surface area contributed by atoms with Gasteiger partial charge in [-0.2, -0.15) is 0 Å². The Morgan fingerprint density at radius 1 is 1.22 bits per heavy atom. The molecule has 3 fully saturated rings. The maximum absolute atomic E-state index is 12.5. The molecule has 5 nitrogen and oxygen atoms in total. The second kappa shape index (κ2) is 7.12. The van der Waals surface area contributed by atoms with Crippen LogP contribution in [0.2, 0.25) is 0 Å². The molecule has 0 spiro atoms. The second-order valence-electron chi connectivity index (χ2n) is 6.82. The van der Waals surface area contributed by atoms with Gasteiger partial charge in [0.25, 0.3) is 5.91 Å². The van der Waals surface area contributed by atoms with E-state index in [-0.39, 0.29) is 17.7 Å². The molecule has 3 saturated heterocycles. The number of thiazole rings is 1. The molecule has 3 aliphatic heterocycles. The normalized spacial score (nSPS) is 24.6. The van der Waals surface area contributed by atoms with E-state index in [2.05, 4.69) is 19.9 Å². The number of nitrogens with zero attached hydrogens (tertiary/aromatic N) is 2. The Hall–Kier alpha value is -2.13. The topological polar surface area (TPSA) is 54.5 Å². The van der Waals surface area contributed by atoms with E-state index >= 15 is 0 Å². The summed E-state index contributed by atoms with van der Waals surface area (Å²) >= 11 is 1.22. The van der Waals surface area contributed by atoms with Crippen molar-refractivity contribution in [1.82, 2.24) is 15.2 Å². The van der Waals surface area contributed by atoms with Crippen LogP contribution in [-0.2, 0) is 0 Å². The Balaban J connectivity index is 1.41. The lowest BCUT2D eigenvalue weighted by Gasteiger charge is -2.44. The first-order chi connectivity index (χ1) is 12.9. The quantitative estimate of drug-likeness (QED) is 0.858. The average molecular weight is 397 g/mol. The SMILES string of the molecule is O=C(N[C@H]1CN2CCC1CC2)c1cnc(-c2ccc(OC(F)(F)F)cc2)s1. The van der Waals surface area contributed by atoms with Crippen molar-refractivity contribution in [2.45, 2.75) is 25.2 Å². The molecule has 0 unspecified atom stereocenters. The van der Waals surface area contributed by atoms with E-state index in [9.17, 15) is 18.0 Å². The maximum atomic E-state index is 12.5. The van der Waals surface area contributed by atoms with Gasteiger partial charge in [0.15, 0.2) is 0 Å².